The van der Waals surface area contributed by atoms with Crippen molar-refractivity contribution in [1.29, 1.82) is 0 Å². The van der Waals surface area contributed by atoms with Crippen LogP contribution in [-0.2, 0) is 0 Å². The maximum atomic E-state index is 10.5. The quantitative estimate of drug-likeness (QED) is 0.647. The van der Waals surface area contributed by atoms with Crippen molar-refractivity contribution in [2.75, 3.05) is 0 Å². The van der Waals surface area contributed by atoms with Gasteiger partial charge in [0.2, 0.25) is 0 Å². The molecule has 0 amide bonds. The topological polar surface area (TPSA) is 20.2 Å². The molecule has 0 aliphatic heterocycles. The van der Waals surface area contributed by atoms with Crippen molar-refractivity contribution in [3.63, 3.8) is 0 Å². The second-order valence-electron chi connectivity index (χ2n) is 6.14. The summed E-state index contributed by atoms with van der Waals surface area (Å²) in [4.78, 5) is 0. The molecule has 86 valence electrons. The molecule has 4 unspecified atom stereocenters. The molecule has 3 aliphatic rings. The molecule has 0 aromatic carbocycles. The van der Waals surface area contributed by atoms with Gasteiger partial charge in [0.1, 0.15) is 0 Å². The van der Waals surface area contributed by atoms with Crippen LogP contribution in [0.1, 0.15) is 57.8 Å². The molecule has 1 heteroatoms. The molecule has 3 aliphatic carbocycles. The lowest BCUT2D eigenvalue weighted by Gasteiger charge is -2.49. The Labute approximate surface area is 93.3 Å². The fourth-order valence-electron chi connectivity index (χ4n) is 4.66. The summed E-state index contributed by atoms with van der Waals surface area (Å²) >= 11 is 0. The normalized spacial score (nSPS) is 50.6. The lowest BCUT2D eigenvalue weighted by Crippen LogP contribution is -2.46. The van der Waals surface area contributed by atoms with Crippen LogP contribution < -0.4 is 0 Å². The van der Waals surface area contributed by atoms with Crippen LogP contribution in [0.25, 0.3) is 0 Å². The monoisotopic (exact) mass is 208 g/mol. The Bertz CT molecular complexity index is 203. The highest BCUT2D eigenvalue weighted by atomic mass is 16.3. The van der Waals surface area contributed by atoms with Gasteiger partial charge in [-0.3, -0.25) is 0 Å². The van der Waals surface area contributed by atoms with Gasteiger partial charge in [-0.05, 0) is 42.9 Å². The van der Waals surface area contributed by atoms with Crippen LogP contribution in [0.15, 0.2) is 0 Å². The largest absolute Gasteiger partial charge is 0.393 e. The van der Waals surface area contributed by atoms with E-state index < -0.39 is 0 Å². The van der Waals surface area contributed by atoms with Gasteiger partial charge in [-0.2, -0.15) is 0 Å². The average Bonchev–Trinajstić information content (AvgIpc) is 2.30. The summed E-state index contributed by atoms with van der Waals surface area (Å²) in [5, 5.41) is 10.5. The third-order valence-corrected chi connectivity index (χ3v) is 5.42. The predicted molar refractivity (Wildman–Crippen MR) is 61.5 cm³/mol. The van der Waals surface area contributed by atoms with E-state index in [0.29, 0.717) is 11.8 Å². The zero-order valence-corrected chi connectivity index (χ0v) is 9.70. The molecule has 1 nitrogen and oxygen atoms in total. The van der Waals surface area contributed by atoms with Crippen LogP contribution in [0, 0.1) is 23.7 Å². The SMILES string of the molecule is OC1C2CCCCC2CC2CCCCC21. The fourth-order valence-corrected chi connectivity index (χ4v) is 4.66. The van der Waals surface area contributed by atoms with Gasteiger partial charge in [0.05, 0.1) is 6.10 Å². The highest BCUT2D eigenvalue weighted by molar-refractivity contribution is 4.94. The van der Waals surface area contributed by atoms with E-state index in [1.807, 2.05) is 0 Å². The van der Waals surface area contributed by atoms with E-state index >= 15 is 0 Å². The molecular weight excluding hydrogens is 184 g/mol. The molecule has 15 heavy (non-hydrogen) atoms. The Hall–Kier alpha value is -0.0400. The number of aliphatic hydroxyl groups is 1. The fraction of sp³-hybridized carbons (Fsp3) is 1.00. The van der Waals surface area contributed by atoms with Crippen molar-refractivity contribution in [2.24, 2.45) is 23.7 Å². The molecular formula is C14H24O. The summed E-state index contributed by atoms with van der Waals surface area (Å²) in [6.45, 7) is 0. The Morgan fingerprint density at radius 3 is 1.67 bits per heavy atom. The van der Waals surface area contributed by atoms with Crippen molar-refractivity contribution in [3.8, 4) is 0 Å². The third kappa shape index (κ3) is 1.73. The van der Waals surface area contributed by atoms with Crippen LogP contribution in [0.5, 0.6) is 0 Å². The summed E-state index contributed by atoms with van der Waals surface area (Å²) in [5.41, 5.74) is 0. The van der Waals surface area contributed by atoms with Crippen molar-refractivity contribution in [3.05, 3.63) is 0 Å². The van der Waals surface area contributed by atoms with E-state index in [4.69, 9.17) is 0 Å². The number of aliphatic hydroxyl groups excluding tert-OH is 1. The Balaban J connectivity index is 1.76. The highest BCUT2D eigenvalue weighted by Crippen LogP contribution is 2.49. The summed E-state index contributed by atoms with van der Waals surface area (Å²) in [6.07, 6.45) is 12.5. The molecule has 0 aromatic heterocycles. The van der Waals surface area contributed by atoms with Crippen LogP contribution in [0.4, 0.5) is 0 Å². The standard InChI is InChI=1S/C14H24O/c15-14-12-7-3-1-5-10(12)9-11-6-2-4-8-13(11)14/h10-15H,1-9H2. The molecule has 4 atom stereocenters. The lowest BCUT2D eigenvalue weighted by molar-refractivity contribution is -0.0754. The van der Waals surface area contributed by atoms with Gasteiger partial charge >= 0.3 is 0 Å². The van der Waals surface area contributed by atoms with E-state index in [1.165, 1.54) is 57.8 Å². The first-order chi connectivity index (χ1) is 7.36. The zero-order chi connectivity index (χ0) is 10.3. The van der Waals surface area contributed by atoms with E-state index in [1.54, 1.807) is 0 Å². The minimum absolute atomic E-state index is 0.0642. The smallest absolute Gasteiger partial charge is 0.0601 e. The first kappa shape index (κ1) is 10.1. The van der Waals surface area contributed by atoms with E-state index in [9.17, 15) is 5.11 Å². The van der Waals surface area contributed by atoms with Gasteiger partial charge in [-0.15, -0.1) is 0 Å². The molecule has 0 aromatic rings. The zero-order valence-electron chi connectivity index (χ0n) is 9.70. The summed E-state index contributed by atoms with van der Waals surface area (Å²) in [7, 11) is 0. The maximum Gasteiger partial charge on any atom is 0.0601 e. The minimum Gasteiger partial charge on any atom is -0.393 e. The second-order valence-corrected chi connectivity index (χ2v) is 6.14. The Kier molecular flexibility index (Phi) is 2.76. The number of rotatable bonds is 0. The molecule has 3 fully saturated rings. The van der Waals surface area contributed by atoms with Crippen LogP contribution in [0.2, 0.25) is 0 Å². The van der Waals surface area contributed by atoms with E-state index in [-0.39, 0.29) is 6.10 Å². The first-order valence-electron chi connectivity index (χ1n) is 7.04. The highest BCUT2D eigenvalue weighted by Gasteiger charge is 2.44. The van der Waals surface area contributed by atoms with Crippen molar-refractivity contribution in [1.82, 2.24) is 0 Å². The number of hydrogen-bond donors (Lipinski definition) is 1. The first-order valence-corrected chi connectivity index (χ1v) is 7.04. The predicted octanol–water partition coefficient (Wildman–Crippen LogP) is 3.36. The van der Waals surface area contributed by atoms with Crippen molar-refractivity contribution in [2.45, 2.75) is 63.9 Å². The molecule has 0 saturated heterocycles. The molecule has 3 rings (SSSR count). The average molecular weight is 208 g/mol. The molecule has 0 spiro atoms. The van der Waals surface area contributed by atoms with Crippen LogP contribution in [-0.4, -0.2) is 11.2 Å². The Morgan fingerprint density at radius 1 is 0.667 bits per heavy atom. The minimum atomic E-state index is 0.0642. The third-order valence-electron chi connectivity index (χ3n) is 5.42. The van der Waals surface area contributed by atoms with Crippen molar-refractivity contribution >= 4 is 0 Å². The van der Waals surface area contributed by atoms with Crippen molar-refractivity contribution < 1.29 is 5.11 Å². The molecule has 0 radical (unpaired) electrons. The van der Waals surface area contributed by atoms with Gasteiger partial charge in [0, 0.05) is 0 Å². The maximum absolute atomic E-state index is 10.5. The summed E-state index contributed by atoms with van der Waals surface area (Å²) in [6, 6.07) is 0. The number of hydrogen-bond acceptors (Lipinski definition) is 1. The van der Waals surface area contributed by atoms with E-state index in [0.717, 1.165) is 11.8 Å². The summed E-state index contributed by atoms with van der Waals surface area (Å²) < 4.78 is 0. The van der Waals surface area contributed by atoms with Gasteiger partial charge in [0.25, 0.3) is 0 Å². The van der Waals surface area contributed by atoms with Gasteiger partial charge < -0.3 is 5.11 Å². The van der Waals surface area contributed by atoms with Gasteiger partial charge in [-0.25, -0.2) is 0 Å². The lowest BCUT2D eigenvalue weighted by atomic mass is 9.58. The second kappa shape index (κ2) is 4.08. The summed E-state index contributed by atoms with van der Waals surface area (Å²) in [5.74, 6) is 3.12. The molecule has 0 heterocycles. The van der Waals surface area contributed by atoms with Gasteiger partial charge in [-0.1, -0.05) is 38.5 Å². The number of fused-ring (bicyclic) bond motifs is 2. The van der Waals surface area contributed by atoms with E-state index in [2.05, 4.69) is 0 Å². The Morgan fingerprint density at radius 2 is 1.13 bits per heavy atom. The molecule has 3 saturated carbocycles. The van der Waals surface area contributed by atoms with Crippen LogP contribution in [0.3, 0.4) is 0 Å². The molecule has 1 N–H and O–H groups in total. The molecule has 0 bridgehead atoms. The van der Waals surface area contributed by atoms with Crippen LogP contribution >= 0.6 is 0 Å². The van der Waals surface area contributed by atoms with Gasteiger partial charge in [0.15, 0.2) is 0 Å².